The molecule has 5 nitrogen and oxygen atoms in total. The second-order valence-electron chi connectivity index (χ2n) is 3.05. The minimum Gasteiger partial charge on any atom is -0.382 e. The first-order chi connectivity index (χ1) is 6.09. The summed E-state index contributed by atoms with van der Waals surface area (Å²) in [6.45, 7) is 3.89. The molecular weight excluding hydrogens is 166 g/mol. The zero-order valence-electron chi connectivity index (χ0n) is 7.57. The van der Waals surface area contributed by atoms with Crippen LogP contribution in [0.3, 0.4) is 0 Å². The van der Waals surface area contributed by atoms with Crippen LogP contribution in [0, 0.1) is 13.8 Å². The van der Waals surface area contributed by atoms with Gasteiger partial charge in [0.1, 0.15) is 11.3 Å². The third kappa shape index (κ3) is 1.00. The van der Waals surface area contributed by atoms with Gasteiger partial charge in [-0.05, 0) is 13.8 Å². The Bertz CT molecular complexity index is 471. The summed E-state index contributed by atoms with van der Waals surface area (Å²) in [6.07, 6.45) is 1.66. The molecule has 0 atom stereocenters. The first kappa shape index (κ1) is 7.85. The highest BCUT2D eigenvalue weighted by Gasteiger charge is 2.09. The maximum Gasteiger partial charge on any atom is 0.152 e. The van der Waals surface area contributed by atoms with Gasteiger partial charge in [0.15, 0.2) is 5.82 Å². The van der Waals surface area contributed by atoms with Crippen LogP contribution < -0.4 is 11.5 Å². The summed E-state index contributed by atoms with van der Waals surface area (Å²) in [4.78, 5) is 3.97. The highest BCUT2D eigenvalue weighted by atomic mass is 15.2. The lowest BCUT2D eigenvalue weighted by molar-refractivity contribution is 0.927. The number of anilines is 2. The molecule has 2 aromatic rings. The molecule has 0 bridgehead atoms. The Hall–Kier alpha value is -1.78. The molecule has 0 saturated heterocycles. The molecule has 0 aliphatic rings. The summed E-state index contributed by atoms with van der Waals surface area (Å²) in [5, 5.41) is 4.25. The van der Waals surface area contributed by atoms with Gasteiger partial charge in [0.05, 0.1) is 11.9 Å². The molecular formula is C8H11N5. The van der Waals surface area contributed by atoms with Crippen molar-refractivity contribution in [2.75, 3.05) is 11.5 Å². The van der Waals surface area contributed by atoms with E-state index in [1.54, 1.807) is 10.7 Å². The molecule has 0 amide bonds. The number of nitrogen functional groups attached to an aromatic ring is 2. The Morgan fingerprint density at radius 3 is 2.69 bits per heavy atom. The zero-order chi connectivity index (χ0) is 9.59. The fourth-order valence-electron chi connectivity index (χ4n) is 1.38. The number of nitrogens with two attached hydrogens (primary N) is 2. The summed E-state index contributed by atoms with van der Waals surface area (Å²) in [6, 6.07) is 0. The molecule has 0 spiro atoms. The van der Waals surface area contributed by atoms with Crippen molar-refractivity contribution in [1.29, 1.82) is 0 Å². The maximum atomic E-state index is 5.72. The van der Waals surface area contributed by atoms with E-state index >= 15 is 0 Å². The number of nitrogens with zero attached hydrogens (tertiary/aromatic N) is 3. The van der Waals surface area contributed by atoms with Crippen LogP contribution in [-0.2, 0) is 0 Å². The number of hydrogen-bond donors (Lipinski definition) is 2. The van der Waals surface area contributed by atoms with Crippen molar-refractivity contribution < 1.29 is 0 Å². The van der Waals surface area contributed by atoms with Crippen molar-refractivity contribution in [2.45, 2.75) is 13.8 Å². The molecule has 5 heteroatoms. The van der Waals surface area contributed by atoms with Crippen LogP contribution in [0.1, 0.15) is 11.3 Å². The van der Waals surface area contributed by atoms with Crippen molar-refractivity contribution in [3.8, 4) is 0 Å². The number of aryl methyl sites for hydroxylation is 2. The smallest absolute Gasteiger partial charge is 0.152 e. The number of fused-ring (bicyclic) bond motifs is 1. The van der Waals surface area contributed by atoms with Crippen LogP contribution >= 0.6 is 0 Å². The maximum absolute atomic E-state index is 5.72. The van der Waals surface area contributed by atoms with E-state index < -0.39 is 0 Å². The Morgan fingerprint density at radius 1 is 1.31 bits per heavy atom. The Kier molecular flexibility index (Phi) is 1.42. The largest absolute Gasteiger partial charge is 0.382 e. The van der Waals surface area contributed by atoms with Gasteiger partial charge in [-0.3, -0.25) is 0 Å². The highest BCUT2D eigenvalue weighted by molar-refractivity contribution is 5.71. The van der Waals surface area contributed by atoms with Crippen LogP contribution in [0.2, 0.25) is 0 Å². The highest BCUT2D eigenvalue weighted by Crippen LogP contribution is 2.19. The third-order valence-corrected chi connectivity index (χ3v) is 2.13. The van der Waals surface area contributed by atoms with E-state index in [0.29, 0.717) is 11.6 Å². The predicted octanol–water partition coefficient (Wildman–Crippen LogP) is 0.511. The number of hydrogen-bond acceptors (Lipinski definition) is 4. The second-order valence-corrected chi connectivity index (χ2v) is 3.05. The van der Waals surface area contributed by atoms with E-state index in [4.69, 9.17) is 11.5 Å². The van der Waals surface area contributed by atoms with Crippen LogP contribution in [-0.4, -0.2) is 14.6 Å². The number of rotatable bonds is 0. The average molecular weight is 177 g/mol. The SMILES string of the molecule is Cc1nn2cc(N)nc(N)c2c1C. The second kappa shape index (κ2) is 2.35. The average Bonchev–Trinajstić information content (AvgIpc) is 2.27. The molecule has 13 heavy (non-hydrogen) atoms. The lowest BCUT2D eigenvalue weighted by Crippen LogP contribution is -2.01. The molecule has 0 aliphatic carbocycles. The lowest BCUT2D eigenvalue weighted by Gasteiger charge is -1.99. The summed E-state index contributed by atoms with van der Waals surface area (Å²) in [7, 11) is 0. The molecule has 0 aliphatic heterocycles. The fourth-order valence-corrected chi connectivity index (χ4v) is 1.38. The van der Waals surface area contributed by atoms with Crippen molar-refractivity contribution in [1.82, 2.24) is 14.6 Å². The molecule has 2 rings (SSSR count). The Labute approximate surface area is 75.4 Å². The van der Waals surface area contributed by atoms with E-state index in [2.05, 4.69) is 10.1 Å². The van der Waals surface area contributed by atoms with Crippen LogP contribution in [0.15, 0.2) is 6.20 Å². The van der Waals surface area contributed by atoms with Gasteiger partial charge in [-0.1, -0.05) is 0 Å². The van der Waals surface area contributed by atoms with Crippen LogP contribution in [0.25, 0.3) is 5.52 Å². The normalized spacial score (nSPS) is 10.9. The van der Waals surface area contributed by atoms with E-state index in [1.165, 1.54) is 0 Å². The topological polar surface area (TPSA) is 82.2 Å². The molecule has 0 radical (unpaired) electrons. The molecule has 0 aromatic carbocycles. The molecule has 4 N–H and O–H groups in total. The summed E-state index contributed by atoms with van der Waals surface area (Å²) >= 11 is 0. The van der Waals surface area contributed by atoms with Crippen molar-refractivity contribution in [2.24, 2.45) is 0 Å². The van der Waals surface area contributed by atoms with Crippen molar-refractivity contribution in [3.63, 3.8) is 0 Å². The first-order valence-electron chi connectivity index (χ1n) is 3.97. The van der Waals surface area contributed by atoms with Gasteiger partial charge >= 0.3 is 0 Å². The predicted molar refractivity (Wildman–Crippen MR) is 51.3 cm³/mol. The fraction of sp³-hybridized carbons (Fsp3) is 0.250. The zero-order valence-corrected chi connectivity index (χ0v) is 7.57. The van der Waals surface area contributed by atoms with Gasteiger partial charge in [0.25, 0.3) is 0 Å². The molecule has 0 unspecified atom stereocenters. The standard InChI is InChI=1S/C8H11N5/c1-4-5(2)12-13-3-6(9)11-8(10)7(4)13/h3H,9H2,1-2H3,(H2,10,11). The summed E-state index contributed by atoms with van der Waals surface area (Å²) in [5.74, 6) is 0.811. The van der Waals surface area contributed by atoms with Crippen LogP contribution in [0.4, 0.5) is 11.6 Å². The monoisotopic (exact) mass is 177 g/mol. The minimum atomic E-state index is 0.382. The lowest BCUT2D eigenvalue weighted by atomic mass is 10.2. The van der Waals surface area contributed by atoms with Gasteiger partial charge in [-0.25, -0.2) is 9.50 Å². The Balaban J connectivity index is 2.94. The molecule has 0 saturated carbocycles. The first-order valence-corrected chi connectivity index (χ1v) is 3.97. The van der Waals surface area contributed by atoms with Crippen molar-refractivity contribution in [3.05, 3.63) is 17.5 Å². The third-order valence-electron chi connectivity index (χ3n) is 2.13. The molecule has 0 fully saturated rings. The van der Waals surface area contributed by atoms with Gasteiger partial charge in [-0.15, -0.1) is 0 Å². The summed E-state index contributed by atoms with van der Waals surface area (Å²) in [5.41, 5.74) is 14.1. The number of aromatic nitrogens is 3. The van der Waals surface area contributed by atoms with E-state index in [-0.39, 0.29) is 0 Å². The molecule has 68 valence electrons. The minimum absolute atomic E-state index is 0.382. The van der Waals surface area contributed by atoms with E-state index in [1.807, 2.05) is 13.8 Å². The summed E-state index contributed by atoms with van der Waals surface area (Å²) < 4.78 is 1.67. The van der Waals surface area contributed by atoms with E-state index in [0.717, 1.165) is 16.8 Å². The van der Waals surface area contributed by atoms with E-state index in [9.17, 15) is 0 Å². The van der Waals surface area contributed by atoms with Gasteiger partial charge < -0.3 is 11.5 Å². The quantitative estimate of drug-likeness (QED) is 0.614. The van der Waals surface area contributed by atoms with Gasteiger partial charge in [0.2, 0.25) is 0 Å². The Morgan fingerprint density at radius 2 is 2.00 bits per heavy atom. The molecule has 2 heterocycles. The van der Waals surface area contributed by atoms with Gasteiger partial charge in [-0.2, -0.15) is 5.10 Å². The van der Waals surface area contributed by atoms with Crippen molar-refractivity contribution >= 4 is 17.2 Å². The van der Waals surface area contributed by atoms with Crippen LogP contribution in [0.5, 0.6) is 0 Å². The molecule has 2 aromatic heterocycles. The van der Waals surface area contributed by atoms with Gasteiger partial charge in [0, 0.05) is 5.56 Å².